The maximum absolute atomic E-state index is 2.52. The Morgan fingerprint density at radius 1 is 0.308 bits per heavy atom. The molecule has 180 valence electrons. The summed E-state index contributed by atoms with van der Waals surface area (Å²) < 4.78 is 7.41. The Kier molecular flexibility index (Phi) is 3.44. The molecule has 0 fully saturated rings. The number of fused-ring (bicyclic) bond motifs is 12. The van der Waals surface area contributed by atoms with Crippen LogP contribution in [0.1, 0.15) is 0 Å². The van der Waals surface area contributed by atoms with Crippen molar-refractivity contribution < 1.29 is 0 Å². The smallest absolute Gasteiger partial charge is 0.0816 e. The number of para-hydroxylation sites is 5. The molecule has 0 N–H and O–H groups in total. The number of aromatic nitrogens is 3. The fraction of sp³-hybridized carbons (Fsp3) is 0. The van der Waals surface area contributed by atoms with Gasteiger partial charge < -0.3 is 4.57 Å². The number of benzene rings is 6. The lowest BCUT2D eigenvalue weighted by atomic mass is 10.0. The molecule has 4 heterocycles. The molecule has 3 heteroatoms. The third-order valence-electron chi connectivity index (χ3n) is 8.74. The van der Waals surface area contributed by atoms with Gasteiger partial charge in [0.15, 0.2) is 0 Å². The minimum absolute atomic E-state index is 1.18. The standard InChI is InChI=1S/C36H21N3/c1-2-10-22(11-3-1)37-30-18-6-5-13-29(30)33-32(37)21-20-28-27-17-9-16-26-25-15-8-14-24-23-12-4-7-19-31(23)38(34(24)25)39(35(26)27)36(28)33/h1-21H. The Morgan fingerprint density at radius 2 is 0.846 bits per heavy atom. The van der Waals surface area contributed by atoms with Crippen molar-refractivity contribution in [3.63, 3.8) is 0 Å². The largest absolute Gasteiger partial charge is 0.309 e. The molecular weight excluding hydrogens is 474 g/mol. The van der Waals surface area contributed by atoms with Gasteiger partial charge in [-0.05, 0) is 36.4 Å². The van der Waals surface area contributed by atoms with E-state index in [4.69, 9.17) is 0 Å². The molecule has 0 unspecified atom stereocenters. The molecule has 0 radical (unpaired) electrons. The summed E-state index contributed by atoms with van der Waals surface area (Å²) in [6.07, 6.45) is 0. The van der Waals surface area contributed by atoms with Gasteiger partial charge in [-0.3, -0.25) is 0 Å². The van der Waals surface area contributed by atoms with Crippen LogP contribution in [0.5, 0.6) is 0 Å². The van der Waals surface area contributed by atoms with E-state index >= 15 is 0 Å². The topological polar surface area (TPSA) is 13.8 Å². The molecule has 4 aromatic heterocycles. The van der Waals surface area contributed by atoms with Crippen LogP contribution in [-0.2, 0) is 0 Å². The van der Waals surface area contributed by atoms with E-state index in [1.807, 2.05) is 0 Å². The molecule has 0 amide bonds. The first-order valence-corrected chi connectivity index (χ1v) is 13.5. The predicted molar refractivity (Wildman–Crippen MR) is 164 cm³/mol. The van der Waals surface area contributed by atoms with Crippen LogP contribution in [0.4, 0.5) is 0 Å². The van der Waals surface area contributed by atoms with E-state index in [2.05, 4.69) is 141 Å². The lowest BCUT2D eigenvalue weighted by molar-refractivity contribution is 0.935. The lowest BCUT2D eigenvalue weighted by Gasteiger charge is -2.12. The summed E-state index contributed by atoms with van der Waals surface area (Å²) in [5.41, 5.74) is 8.68. The van der Waals surface area contributed by atoms with Gasteiger partial charge in [0.2, 0.25) is 0 Å². The number of nitrogens with zero attached hydrogens (tertiary/aromatic N) is 3. The highest BCUT2D eigenvalue weighted by molar-refractivity contribution is 6.30. The third kappa shape index (κ3) is 2.23. The predicted octanol–water partition coefficient (Wildman–Crippen LogP) is 9.34. The average molecular weight is 496 g/mol. The molecule has 0 aliphatic rings. The zero-order chi connectivity index (χ0) is 25.2. The van der Waals surface area contributed by atoms with Crippen molar-refractivity contribution in [2.75, 3.05) is 0 Å². The molecule has 0 bridgehead atoms. The second-order valence-corrected chi connectivity index (χ2v) is 10.6. The van der Waals surface area contributed by atoms with Crippen LogP contribution < -0.4 is 0 Å². The Balaban J connectivity index is 1.60. The van der Waals surface area contributed by atoms with Crippen LogP contribution in [-0.4, -0.2) is 13.6 Å². The van der Waals surface area contributed by atoms with E-state index < -0.39 is 0 Å². The fourth-order valence-electron chi connectivity index (χ4n) is 7.27. The summed E-state index contributed by atoms with van der Waals surface area (Å²) in [7, 11) is 0. The van der Waals surface area contributed by atoms with Crippen molar-refractivity contribution in [1.29, 1.82) is 0 Å². The van der Waals surface area contributed by atoms with Gasteiger partial charge in [-0.25, -0.2) is 9.03 Å². The van der Waals surface area contributed by atoms with E-state index in [0.29, 0.717) is 0 Å². The highest BCUT2D eigenvalue weighted by Crippen LogP contribution is 2.44. The van der Waals surface area contributed by atoms with Crippen LogP contribution in [0.2, 0.25) is 0 Å². The molecule has 39 heavy (non-hydrogen) atoms. The zero-order valence-corrected chi connectivity index (χ0v) is 21.0. The van der Waals surface area contributed by atoms with Gasteiger partial charge in [0.1, 0.15) is 0 Å². The van der Waals surface area contributed by atoms with Crippen LogP contribution in [0.3, 0.4) is 0 Å². The maximum atomic E-state index is 2.52. The molecule has 0 saturated heterocycles. The third-order valence-corrected chi connectivity index (χ3v) is 8.74. The Hall–Kier alpha value is -5.28. The van der Waals surface area contributed by atoms with Crippen molar-refractivity contribution in [2.24, 2.45) is 0 Å². The normalized spacial score (nSPS) is 12.6. The zero-order valence-electron chi connectivity index (χ0n) is 21.0. The second-order valence-electron chi connectivity index (χ2n) is 10.6. The molecule has 10 aromatic rings. The van der Waals surface area contributed by atoms with E-state index in [0.717, 1.165) is 0 Å². The fourth-order valence-corrected chi connectivity index (χ4v) is 7.27. The van der Waals surface area contributed by atoms with Gasteiger partial charge in [0.05, 0.1) is 33.1 Å². The highest BCUT2D eigenvalue weighted by Gasteiger charge is 2.24. The summed E-state index contributed by atoms with van der Waals surface area (Å²) in [5, 5.41) is 10.3. The van der Waals surface area contributed by atoms with Crippen molar-refractivity contribution in [1.82, 2.24) is 13.6 Å². The van der Waals surface area contributed by atoms with Gasteiger partial charge in [0, 0.05) is 48.8 Å². The molecule has 0 aliphatic heterocycles. The van der Waals surface area contributed by atoms with E-state index in [1.165, 1.54) is 81.9 Å². The van der Waals surface area contributed by atoms with Gasteiger partial charge in [-0.1, -0.05) is 91.0 Å². The van der Waals surface area contributed by atoms with Crippen molar-refractivity contribution in [3.8, 4) is 5.69 Å². The second kappa shape index (κ2) is 6.77. The Bertz CT molecular complexity index is 2590. The molecule has 0 saturated carbocycles. The molecule has 0 aliphatic carbocycles. The molecule has 10 rings (SSSR count). The van der Waals surface area contributed by atoms with Crippen LogP contribution in [0, 0.1) is 0 Å². The number of hydrogen-bond donors (Lipinski definition) is 0. The van der Waals surface area contributed by atoms with Crippen LogP contribution in [0.25, 0.3) is 81.9 Å². The van der Waals surface area contributed by atoms with E-state index in [-0.39, 0.29) is 0 Å². The van der Waals surface area contributed by atoms with Gasteiger partial charge in [0.25, 0.3) is 0 Å². The van der Waals surface area contributed by atoms with E-state index in [9.17, 15) is 0 Å². The first kappa shape index (κ1) is 19.8. The maximum Gasteiger partial charge on any atom is 0.0816 e. The lowest BCUT2D eigenvalue weighted by Crippen LogP contribution is -2.01. The first-order valence-electron chi connectivity index (χ1n) is 13.5. The van der Waals surface area contributed by atoms with Crippen molar-refractivity contribution in [2.45, 2.75) is 0 Å². The summed E-state index contributed by atoms with van der Waals surface area (Å²) in [4.78, 5) is 0. The molecule has 6 aromatic carbocycles. The monoisotopic (exact) mass is 495 g/mol. The first-order chi connectivity index (χ1) is 19.4. The Morgan fingerprint density at radius 3 is 1.59 bits per heavy atom. The van der Waals surface area contributed by atoms with Crippen LogP contribution in [0.15, 0.2) is 127 Å². The molecule has 0 atom stereocenters. The van der Waals surface area contributed by atoms with Gasteiger partial charge >= 0.3 is 0 Å². The summed E-state index contributed by atoms with van der Waals surface area (Å²) >= 11 is 0. The average Bonchev–Trinajstić information content (AvgIpc) is 3.63. The molecular formula is C36H21N3. The van der Waals surface area contributed by atoms with Crippen LogP contribution >= 0.6 is 0 Å². The number of hydrogen-bond acceptors (Lipinski definition) is 0. The van der Waals surface area contributed by atoms with Gasteiger partial charge in [-0.15, -0.1) is 0 Å². The summed E-state index contributed by atoms with van der Waals surface area (Å²) in [5.74, 6) is 0. The number of rotatable bonds is 1. The molecule has 0 spiro atoms. The van der Waals surface area contributed by atoms with Crippen molar-refractivity contribution in [3.05, 3.63) is 127 Å². The highest BCUT2D eigenvalue weighted by atomic mass is 15.3. The quantitative estimate of drug-likeness (QED) is 0.201. The SMILES string of the molecule is c1ccc(-n2c3ccccc3c3c2ccc2c4cccc5c6cccc7c8ccccc8n(c76)n(c54)c23)cc1. The summed E-state index contributed by atoms with van der Waals surface area (Å²) in [6.45, 7) is 0. The van der Waals surface area contributed by atoms with Crippen molar-refractivity contribution >= 4 is 76.2 Å². The Labute approximate surface area is 222 Å². The minimum atomic E-state index is 1.18. The minimum Gasteiger partial charge on any atom is -0.309 e. The van der Waals surface area contributed by atoms with Gasteiger partial charge in [-0.2, -0.15) is 0 Å². The summed E-state index contributed by atoms with van der Waals surface area (Å²) in [6, 6.07) is 46.6. The van der Waals surface area contributed by atoms with E-state index in [1.54, 1.807) is 0 Å². The molecule has 3 nitrogen and oxygen atoms in total.